The molecule has 0 spiro atoms. The van der Waals surface area contributed by atoms with Gasteiger partial charge in [-0.25, -0.2) is 4.79 Å². The van der Waals surface area contributed by atoms with Crippen molar-refractivity contribution >= 4 is 11.8 Å². The highest BCUT2D eigenvalue weighted by molar-refractivity contribution is 7.98. The summed E-state index contributed by atoms with van der Waals surface area (Å²) in [6.45, 7) is 1.29. The zero-order valence-electron chi connectivity index (χ0n) is 17.7. The third-order valence-corrected chi connectivity index (χ3v) is 6.66. The molecule has 0 fully saturated rings. The molecule has 5 heteroatoms. The molecule has 1 aliphatic heterocycles. The Bertz CT molecular complexity index is 1270. The predicted molar refractivity (Wildman–Crippen MR) is 129 cm³/mol. The van der Waals surface area contributed by atoms with E-state index in [1.807, 2.05) is 36.4 Å². The Morgan fingerprint density at radius 3 is 2.44 bits per heavy atom. The second-order valence-corrected chi connectivity index (χ2v) is 8.84. The number of hydrogen-bond donors (Lipinski definition) is 0. The first-order chi connectivity index (χ1) is 15.8. The summed E-state index contributed by atoms with van der Waals surface area (Å²) >= 11 is 1.60. The number of aromatic nitrogens is 2. The summed E-state index contributed by atoms with van der Waals surface area (Å²) in [5.41, 5.74) is 5.56. The molecule has 5 rings (SSSR count). The largest absolute Gasteiger partial charge is 0.493 e. The molecule has 2 heterocycles. The predicted octanol–water partition coefficient (Wildman–Crippen LogP) is 5.38. The Balaban J connectivity index is 1.33. The fraction of sp³-hybridized carbons (Fsp3) is 0.185. The molecule has 1 aromatic heterocycles. The summed E-state index contributed by atoms with van der Waals surface area (Å²) in [5, 5.41) is 0.765. The van der Waals surface area contributed by atoms with Gasteiger partial charge in [-0.15, -0.1) is 11.8 Å². The second kappa shape index (κ2) is 9.45. The van der Waals surface area contributed by atoms with E-state index in [0.29, 0.717) is 13.2 Å². The molecule has 32 heavy (non-hydrogen) atoms. The Morgan fingerprint density at radius 1 is 0.906 bits per heavy atom. The van der Waals surface area contributed by atoms with Crippen LogP contribution in [0, 0.1) is 0 Å². The third-order valence-electron chi connectivity index (χ3n) is 5.68. The van der Waals surface area contributed by atoms with Crippen molar-refractivity contribution in [3.63, 3.8) is 0 Å². The van der Waals surface area contributed by atoms with E-state index in [9.17, 15) is 4.79 Å². The van der Waals surface area contributed by atoms with E-state index in [1.165, 1.54) is 16.7 Å². The van der Waals surface area contributed by atoms with Crippen LogP contribution in [0.5, 0.6) is 5.75 Å². The molecular weight excluding hydrogens is 416 g/mol. The van der Waals surface area contributed by atoms with Gasteiger partial charge in [0.15, 0.2) is 0 Å². The summed E-state index contributed by atoms with van der Waals surface area (Å²) < 4.78 is 7.80. The molecule has 4 nitrogen and oxygen atoms in total. The summed E-state index contributed by atoms with van der Waals surface area (Å²) in [7, 11) is 0. The zero-order chi connectivity index (χ0) is 21.8. The second-order valence-electron chi connectivity index (χ2n) is 7.84. The normalized spacial score (nSPS) is 12.1. The van der Waals surface area contributed by atoms with Crippen LogP contribution in [0.3, 0.4) is 0 Å². The van der Waals surface area contributed by atoms with E-state index in [1.54, 1.807) is 16.3 Å². The van der Waals surface area contributed by atoms with Crippen LogP contribution in [0.4, 0.5) is 0 Å². The molecule has 0 aliphatic carbocycles. The maximum absolute atomic E-state index is 12.7. The molecule has 0 saturated heterocycles. The van der Waals surface area contributed by atoms with E-state index < -0.39 is 0 Å². The van der Waals surface area contributed by atoms with E-state index in [0.717, 1.165) is 40.6 Å². The van der Waals surface area contributed by atoms with Crippen LogP contribution in [0.1, 0.15) is 16.7 Å². The molecule has 0 atom stereocenters. The van der Waals surface area contributed by atoms with E-state index >= 15 is 0 Å². The monoisotopic (exact) mass is 440 g/mol. The molecular formula is C27H24N2O2S. The minimum Gasteiger partial charge on any atom is -0.493 e. The molecule has 0 N–H and O–H groups in total. The minimum absolute atomic E-state index is 0.174. The highest BCUT2D eigenvalue weighted by Gasteiger charge is 2.19. The smallest absolute Gasteiger partial charge is 0.349 e. The molecule has 0 saturated carbocycles. The summed E-state index contributed by atoms with van der Waals surface area (Å²) in [6, 6.07) is 28.8. The lowest BCUT2D eigenvalue weighted by atomic mass is 9.97. The average Bonchev–Trinajstić information content (AvgIpc) is 2.84. The standard InChI is InChI=1S/C27H24N2O2S/c30-27-28-26(32-19-21-9-5-2-6-10-21)18-25-24-12-11-23(17-22(24)13-15-29(25)27)31-16-14-20-7-3-1-4-8-20/h1-12,17-18H,13-16,19H2. The van der Waals surface area contributed by atoms with Crippen LogP contribution in [0.2, 0.25) is 0 Å². The van der Waals surface area contributed by atoms with Crippen molar-refractivity contribution in [2.75, 3.05) is 6.61 Å². The highest BCUT2D eigenvalue weighted by Crippen LogP contribution is 2.33. The average molecular weight is 441 g/mol. The van der Waals surface area contributed by atoms with Crippen molar-refractivity contribution < 1.29 is 4.74 Å². The SMILES string of the molecule is O=c1nc(SCc2ccccc2)cc2n1CCc1cc(OCCc3ccccc3)ccc1-2. The lowest BCUT2D eigenvalue weighted by Crippen LogP contribution is -2.28. The quantitative estimate of drug-likeness (QED) is 0.286. The number of hydrogen-bond acceptors (Lipinski definition) is 4. The van der Waals surface area contributed by atoms with Crippen LogP contribution in [0.25, 0.3) is 11.3 Å². The fourth-order valence-electron chi connectivity index (χ4n) is 4.01. The number of thioether (sulfide) groups is 1. The van der Waals surface area contributed by atoms with E-state index in [2.05, 4.69) is 53.5 Å². The molecule has 1 aliphatic rings. The van der Waals surface area contributed by atoms with Crippen molar-refractivity contribution in [1.29, 1.82) is 0 Å². The minimum atomic E-state index is -0.174. The maximum atomic E-state index is 12.7. The number of benzene rings is 3. The van der Waals surface area contributed by atoms with Crippen molar-refractivity contribution in [3.8, 4) is 17.0 Å². The molecule has 4 aromatic rings. The topological polar surface area (TPSA) is 44.1 Å². The van der Waals surface area contributed by atoms with Gasteiger partial charge in [-0.2, -0.15) is 4.98 Å². The third kappa shape index (κ3) is 4.63. The van der Waals surface area contributed by atoms with Crippen LogP contribution in [-0.2, 0) is 25.1 Å². The van der Waals surface area contributed by atoms with Crippen molar-refractivity contribution in [2.24, 2.45) is 0 Å². The van der Waals surface area contributed by atoms with Crippen molar-refractivity contribution in [2.45, 2.75) is 30.2 Å². The first kappa shape index (κ1) is 20.6. The van der Waals surface area contributed by atoms with Crippen LogP contribution in [0.15, 0.2) is 94.7 Å². The van der Waals surface area contributed by atoms with Gasteiger partial charge in [-0.1, -0.05) is 60.7 Å². The van der Waals surface area contributed by atoms with Gasteiger partial charge in [0.1, 0.15) is 10.8 Å². The number of fused-ring (bicyclic) bond motifs is 3. The number of nitrogens with zero attached hydrogens (tertiary/aromatic N) is 2. The molecule has 0 unspecified atom stereocenters. The number of aryl methyl sites for hydroxylation is 1. The van der Waals surface area contributed by atoms with Gasteiger partial charge in [0.2, 0.25) is 0 Å². The fourth-order valence-corrected chi connectivity index (χ4v) is 4.85. The van der Waals surface area contributed by atoms with Crippen molar-refractivity contribution in [1.82, 2.24) is 9.55 Å². The Labute approximate surface area is 191 Å². The molecule has 0 radical (unpaired) electrons. The molecule has 0 amide bonds. The maximum Gasteiger partial charge on any atom is 0.349 e. The number of rotatable bonds is 7. The van der Waals surface area contributed by atoms with Gasteiger partial charge < -0.3 is 4.74 Å². The Morgan fingerprint density at radius 2 is 1.66 bits per heavy atom. The summed E-state index contributed by atoms with van der Waals surface area (Å²) in [6.07, 6.45) is 1.68. The molecule has 3 aromatic carbocycles. The lowest BCUT2D eigenvalue weighted by molar-refractivity contribution is 0.321. The van der Waals surface area contributed by atoms with E-state index in [4.69, 9.17) is 4.74 Å². The Kier molecular flexibility index (Phi) is 6.08. The van der Waals surface area contributed by atoms with Crippen LogP contribution >= 0.6 is 11.8 Å². The summed E-state index contributed by atoms with van der Waals surface area (Å²) in [4.78, 5) is 17.0. The van der Waals surface area contributed by atoms with Gasteiger partial charge in [-0.3, -0.25) is 4.57 Å². The molecule has 160 valence electrons. The number of ether oxygens (including phenoxy) is 1. The Hall–Kier alpha value is -3.31. The van der Waals surface area contributed by atoms with Crippen LogP contribution in [-0.4, -0.2) is 16.2 Å². The first-order valence-corrected chi connectivity index (χ1v) is 11.8. The van der Waals surface area contributed by atoms with Gasteiger partial charge >= 0.3 is 5.69 Å². The summed E-state index contributed by atoms with van der Waals surface area (Å²) in [5.74, 6) is 1.67. The van der Waals surface area contributed by atoms with Gasteiger partial charge in [0, 0.05) is 24.3 Å². The van der Waals surface area contributed by atoms with Crippen molar-refractivity contribution in [3.05, 3.63) is 112 Å². The van der Waals surface area contributed by atoms with E-state index in [-0.39, 0.29) is 5.69 Å². The van der Waals surface area contributed by atoms with Gasteiger partial charge in [0.25, 0.3) is 0 Å². The lowest BCUT2D eigenvalue weighted by Gasteiger charge is -2.22. The first-order valence-electron chi connectivity index (χ1n) is 10.8. The zero-order valence-corrected chi connectivity index (χ0v) is 18.6. The van der Waals surface area contributed by atoms with Gasteiger partial charge in [-0.05, 0) is 47.4 Å². The highest BCUT2D eigenvalue weighted by atomic mass is 32.2. The molecule has 0 bridgehead atoms. The van der Waals surface area contributed by atoms with Crippen LogP contribution < -0.4 is 10.4 Å². The van der Waals surface area contributed by atoms with Gasteiger partial charge in [0.05, 0.1) is 12.3 Å².